The molecular formula is C16H19N3O4. The molecule has 0 saturated carbocycles. The molecule has 0 aliphatic carbocycles. The molecule has 122 valence electrons. The molecule has 0 saturated heterocycles. The van der Waals surface area contributed by atoms with Crippen LogP contribution in [-0.2, 0) is 4.74 Å². The van der Waals surface area contributed by atoms with E-state index in [1.54, 1.807) is 19.1 Å². The smallest absolute Gasteiger partial charge is 0.343 e. The van der Waals surface area contributed by atoms with E-state index in [1.165, 1.54) is 16.8 Å². The van der Waals surface area contributed by atoms with Crippen molar-refractivity contribution in [3.8, 4) is 5.69 Å². The van der Waals surface area contributed by atoms with Gasteiger partial charge in [0.05, 0.1) is 23.6 Å². The number of carbonyl (C=O) groups is 2. The number of esters is 1. The molecule has 0 bridgehead atoms. The number of carboxylic acid groups (broad SMARTS) is 1. The van der Waals surface area contributed by atoms with Crippen molar-refractivity contribution in [1.29, 1.82) is 0 Å². The molecule has 23 heavy (non-hydrogen) atoms. The summed E-state index contributed by atoms with van der Waals surface area (Å²) in [5.41, 5.74) is 7.62. The highest BCUT2D eigenvalue weighted by atomic mass is 16.5. The Morgan fingerprint density at radius 3 is 2.39 bits per heavy atom. The molecule has 2 aromatic rings. The maximum atomic E-state index is 12.1. The first-order valence-electron chi connectivity index (χ1n) is 7.26. The van der Waals surface area contributed by atoms with Gasteiger partial charge >= 0.3 is 11.9 Å². The maximum absolute atomic E-state index is 12.1. The van der Waals surface area contributed by atoms with Crippen LogP contribution in [0, 0.1) is 0 Å². The Balaban J connectivity index is 2.53. The Bertz CT molecular complexity index is 733. The van der Waals surface area contributed by atoms with E-state index in [0.29, 0.717) is 11.4 Å². The molecule has 0 unspecified atom stereocenters. The average Bonchev–Trinajstić information content (AvgIpc) is 2.85. The number of nitrogen functional groups attached to an aromatic ring is 1. The highest BCUT2D eigenvalue weighted by molar-refractivity contribution is 5.96. The number of aromatic carboxylic acids is 1. The fourth-order valence-corrected chi connectivity index (χ4v) is 2.21. The van der Waals surface area contributed by atoms with Gasteiger partial charge in [-0.15, -0.1) is 0 Å². The van der Waals surface area contributed by atoms with Crippen LogP contribution >= 0.6 is 0 Å². The molecule has 1 aromatic carbocycles. The average molecular weight is 317 g/mol. The van der Waals surface area contributed by atoms with Gasteiger partial charge in [0.1, 0.15) is 11.4 Å². The number of hydrogen-bond donors (Lipinski definition) is 2. The van der Waals surface area contributed by atoms with Gasteiger partial charge < -0.3 is 15.6 Å². The number of nitrogens with two attached hydrogens (primary N) is 1. The van der Waals surface area contributed by atoms with E-state index in [4.69, 9.17) is 15.6 Å². The first kappa shape index (κ1) is 16.5. The highest BCUT2D eigenvalue weighted by Crippen LogP contribution is 2.27. The van der Waals surface area contributed by atoms with Crippen LogP contribution < -0.4 is 5.73 Å². The summed E-state index contributed by atoms with van der Waals surface area (Å²) >= 11 is 0. The Hall–Kier alpha value is -2.83. The number of carboxylic acids is 1. The van der Waals surface area contributed by atoms with Crippen molar-refractivity contribution in [2.75, 3.05) is 12.3 Å². The number of anilines is 1. The third-order valence-electron chi connectivity index (χ3n) is 3.33. The number of benzene rings is 1. The van der Waals surface area contributed by atoms with Crippen molar-refractivity contribution in [3.05, 3.63) is 41.1 Å². The molecule has 0 fully saturated rings. The molecule has 0 radical (unpaired) electrons. The molecule has 0 spiro atoms. The second-order valence-corrected chi connectivity index (χ2v) is 5.28. The van der Waals surface area contributed by atoms with Crippen molar-refractivity contribution in [3.63, 3.8) is 0 Å². The predicted molar refractivity (Wildman–Crippen MR) is 85.0 cm³/mol. The summed E-state index contributed by atoms with van der Waals surface area (Å²) in [5, 5.41) is 13.3. The van der Waals surface area contributed by atoms with E-state index in [2.05, 4.69) is 5.10 Å². The molecule has 0 atom stereocenters. The van der Waals surface area contributed by atoms with Crippen LogP contribution in [0.2, 0.25) is 0 Å². The fourth-order valence-electron chi connectivity index (χ4n) is 2.21. The molecule has 2 rings (SSSR count). The van der Waals surface area contributed by atoms with Gasteiger partial charge in [0.2, 0.25) is 0 Å². The maximum Gasteiger partial charge on any atom is 0.343 e. The van der Waals surface area contributed by atoms with Gasteiger partial charge in [-0.2, -0.15) is 5.10 Å². The third-order valence-corrected chi connectivity index (χ3v) is 3.33. The van der Waals surface area contributed by atoms with Crippen LogP contribution in [0.25, 0.3) is 5.69 Å². The summed E-state index contributed by atoms with van der Waals surface area (Å²) in [4.78, 5) is 23.1. The standard InChI is InChI=1S/C16H19N3O4/c1-4-23-16(22)12-13(9(2)3)18-19(14(12)17)11-7-5-10(6-8-11)15(20)21/h5-9H,4,17H2,1-3H3,(H,20,21). The molecule has 0 amide bonds. The second-order valence-electron chi connectivity index (χ2n) is 5.28. The zero-order chi connectivity index (χ0) is 17.1. The van der Waals surface area contributed by atoms with E-state index in [-0.39, 0.29) is 29.5 Å². The minimum absolute atomic E-state index is 0.0174. The highest BCUT2D eigenvalue weighted by Gasteiger charge is 2.25. The summed E-state index contributed by atoms with van der Waals surface area (Å²) in [6, 6.07) is 6.09. The normalized spacial score (nSPS) is 10.8. The first-order valence-corrected chi connectivity index (χ1v) is 7.26. The van der Waals surface area contributed by atoms with Gasteiger partial charge in [0.15, 0.2) is 0 Å². The molecule has 7 heteroatoms. The van der Waals surface area contributed by atoms with Crippen LogP contribution in [0.3, 0.4) is 0 Å². The molecular weight excluding hydrogens is 298 g/mol. The lowest BCUT2D eigenvalue weighted by atomic mass is 10.1. The first-order chi connectivity index (χ1) is 10.9. The third kappa shape index (κ3) is 3.18. The summed E-state index contributed by atoms with van der Waals surface area (Å²) in [6.45, 7) is 5.78. The second kappa shape index (κ2) is 6.51. The van der Waals surface area contributed by atoms with Gasteiger partial charge in [0.25, 0.3) is 0 Å². The predicted octanol–water partition coefficient (Wildman–Crippen LogP) is 2.45. The van der Waals surface area contributed by atoms with Gasteiger partial charge in [-0.3, -0.25) is 0 Å². The van der Waals surface area contributed by atoms with Gasteiger partial charge in [-0.25, -0.2) is 14.3 Å². The van der Waals surface area contributed by atoms with Crippen molar-refractivity contribution in [1.82, 2.24) is 9.78 Å². The van der Waals surface area contributed by atoms with Crippen molar-refractivity contribution >= 4 is 17.8 Å². The number of rotatable bonds is 5. The number of hydrogen-bond acceptors (Lipinski definition) is 5. The van der Waals surface area contributed by atoms with Crippen LogP contribution in [0.4, 0.5) is 5.82 Å². The summed E-state index contributed by atoms with van der Waals surface area (Å²) < 4.78 is 6.47. The van der Waals surface area contributed by atoms with Gasteiger partial charge in [-0.1, -0.05) is 13.8 Å². The summed E-state index contributed by atoms with van der Waals surface area (Å²) in [5.74, 6) is -1.37. The van der Waals surface area contributed by atoms with Crippen molar-refractivity contribution < 1.29 is 19.4 Å². The van der Waals surface area contributed by atoms with E-state index in [9.17, 15) is 9.59 Å². The van der Waals surface area contributed by atoms with Crippen LogP contribution in [-0.4, -0.2) is 33.4 Å². The van der Waals surface area contributed by atoms with E-state index in [1.807, 2.05) is 13.8 Å². The lowest BCUT2D eigenvalue weighted by molar-refractivity contribution is 0.0525. The molecule has 1 heterocycles. The lowest BCUT2D eigenvalue weighted by Crippen LogP contribution is -2.10. The van der Waals surface area contributed by atoms with Crippen molar-refractivity contribution in [2.45, 2.75) is 26.7 Å². The van der Waals surface area contributed by atoms with E-state index in [0.717, 1.165) is 0 Å². The summed E-state index contributed by atoms with van der Waals surface area (Å²) in [6.07, 6.45) is 0. The monoisotopic (exact) mass is 317 g/mol. The zero-order valence-electron chi connectivity index (χ0n) is 13.2. The Labute approximate surface area is 133 Å². The molecule has 1 aromatic heterocycles. The lowest BCUT2D eigenvalue weighted by Gasteiger charge is -2.06. The number of carbonyl (C=O) groups excluding carboxylic acids is 1. The van der Waals surface area contributed by atoms with Crippen LogP contribution in [0.1, 0.15) is 53.1 Å². The minimum Gasteiger partial charge on any atom is -0.478 e. The molecule has 7 nitrogen and oxygen atoms in total. The zero-order valence-corrected chi connectivity index (χ0v) is 13.2. The quantitative estimate of drug-likeness (QED) is 0.820. The molecule has 0 aliphatic heterocycles. The fraction of sp³-hybridized carbons (Fsp3) is 0.312. The topological polar surface area (TPSA) is 107 Å². The van der Waals surface area contributed by atoms with Gasteiger partial charge in [0, 0.05) is 0 Å². The SMILES string of the molecule is CCOC(=O)c1c(C(C)C)nn(-c2ccc(C(=O)O)cc2)c1N. The van der Waals surface area contributed by atoms with E-state index >= 15 is 0 Å². The van der Waals surface area contributed by atoms with E-state index < -0.39 is 11.9 Å². The minimum atomic E-state index is -1.01. The molecule has 0 aliphatic rings. The summed E-state index contributed by atoms with van der Waals surface area (Å²) in [7, 11) is 0. The Morgan fingerprint density at radius 1 is 1.30 bits per heavy atom. The Kier molecular flexibility index (Phi) is 4.68. The largest absolute Gasteiger partial charge is 0.478 e. The van der Waals surface area contributed by atoms with Gasteiger partial charge in [-0.05, 0) is 37.1 Å². The molecule has 3 N–H and O–H groups in total. The number of aromatic nitrogens is 2. The number of nitrogens with zero attached hydrogens (tertiary/aromatic N) is 2. The van der Waals surface area contributed by atoms with Crippen LogP contribution in [0.15, 0.2) is 24.3 Å². The Morgan fingerprint density at radius 2 is 1.91 bits per heavy atom. The number of ether oxygens (including phenoxy) is 1. The van der Waals surface area contributed by atoms with Crippen LogP contribution in [0.5, 0.6) is 0 Å². The van der Waals surface area contributed by atoms with Crippen molar-refractivity contribution in [2.24, 2.45) is 0 Å².